The number of nitrogens with zero attached hydrogens (tertiary/aromatic N) is 1. The molecule has 5 nitrogen and oxygen atoms in total. The maximum atomic E-state index is 14.1. The van der Waals surface area contributed by atoms with E-state index in [1.165, 1.54) is 18.7 Å². The van der Waals surface area contributed by atoms with E-state index in [1.807, 2.05) is 0 Å². The third-order valence-corrected chi connectivity index (χ3v) is 5.70. The topological polar surface area (TPSA) is 83.8 Å². The third-order valence-electron chi connectivity index (χ3n) is 5.70. The molecule has 26 heavy (non-hydrogen) atoms. The molecule has 0 radical (unpaired) electrons. The van der Waals surface area contributed by atoms with Crippen molar-refractivity contribution in [1.29, 1.82) is 0 Å². The lowest BCUT2D eigenvalue weighted by Gasteiger charge is -2.45. The van der Waals surface area contributed by atoms with E-state index in [9.17, 15) is 9.18 Å². The first-order chi connectivity index (χ1) is 12.1. The summed E-state index contributed by atoms with van der Waals surface area (Å²) in [4.78, 5) is 12.9. The number of fused-ring (bicyclic) bond motifs is 2. The summed E-state index contributed by atoms with van der Waals surface area (Å²) in [5.74, 6) is 0.316. The fraction of sp³-hybridized carbons (Fsp3) is 0.474. The van der Waals surface area contributed by atoms with Gasteiger partial charge in [-0.3, -0.25) is 9.89 Å². The van der Waals surface area contributed by atoms with E-state index in [4.69, 9.17) is 5.73 Å². The number of nitrogens with one attached hydrogen (secondary N) is 2. The second-order valence-electron chi connectivity index (χ2n) is 7.32. The van der Waals surface area contributed by atoms with Gasteiger partial charge in [-0.15, -0.1) is 12.4 Å². The van der Waals surface area contributed by atoms with Gasteiger partial charge in [0.1, 0.15) is 5.82 Å². The molecule has 1 heterocycles. The standard InChI is InChI=1S/C19H23FN4O.ClH/c20-16-7-2-1-6-14(16)18-15(10-22-24-18)19(25)23-17-11-4-3-5-12(17)9-13(21)8-11;/h1-2,6-7,10-13,17H,3-5,8-9,21H2,(H,22,24)(H,23,25);1H. The van der Waals surface area contributed by atoms with Crippen molar-refractivity contribution in [2.45, 2.75) is 44.2 Å². The van der Waals surface area contributed by atoms with Crippen molar-refractivity contribution in [3.8, 4) is 11.3 Å². The van der Waals surface area contributed by atoms with Crippen LogP contribution < -0.4 is 11.1 Å². The molecule has 1 aromatic heterocycles. The van der Waals surface area contributed by atoms with Gasteiger partial charge in [0.05, 0.1) is 17.5 Å². The zero-order valence-electron chi connectivity index (χ0n) is 14.5. The van der Waals surface area contributed by atoms with Gasteiger partial charge in [-0.1, -0.05) is 18.6 Å². The van der Waals surface area contributed by atoms with Crippen LogP contribution in [0.15, 0.2) is 30.5 Å². The minimum absolute atomic E-state index is 0. The number of carbonyl (C=O) groups is 1. The number of carbonyl (C=O) groups excluding carboxylic acids is 1. The summed E-state index contributed by atoms with van der Waals surface area (Å²) >= 11 is 0. The molecule has 0 saturated heterocycles. The minimum Gasteiger partial charge on any atom is -0.349 e. The monoisotopic (exact) mass is 378 g/mol. The molecule has 1 aromatic carbocycles. The van der Waals surface area contributed by atoms with Crippen LogP contribution in [0.5, 0.6) is 0 Å². The van der Waals surface area contributed by atoms with Gasteiger partial charge in [-0.25, -0.2) is 4.39 Å². The van der Waals surface area contributed by atoms with E-state index in [1.54, 1.807) is 18.2 Å². The number of H-pyrrole nitrogens is 1. The lowest BCUT2D eigenvalue weighted by atomic mass is 9.67. The second kappa shape index (κ2) is 7.76. The Kier molecular flexibility index (Phi) is 5.63. The quantitative estimate of drug-likeness (QED) is 0.766. The predicted octanol–water partition coefficient (Wildman–Crippen LogP) is 3.27. The fourth-order valence-corrected chi connectivity index (χ4v) is 4.58. The van der Waals surface area contributed by atoms with E-state index in [-0.39, 0.29) is 36.2 Å². The minimum atomic E-state index is -0.374. The lowest BCUT2D eigenvalue weighted by Crippen LogP contribution is -2.53. The first-order valence-corrected chi connectivity index (χ1v) is 8.98. The molecule has 2 fully saturated rings. The zero-order valence-corrected chi connectivity index (χ0v) is 15.3. The number of hydrogen-bond donors (Lipinski definition) is 3. The molecule has 4 N–H and O–H groups in total. The Morgan fingerprint density at radius 3 is 2.62 bits per heavy atom. The number of benzene rings is 1. The summed E-state index contributed by atoms with van der Waals surface area (Å²) in [5, 5.41) is 9.93. The van der Waals surface area contributed by atoms with Crippen LogP contribution in [0.2, 0.25) is 0 Å². The Bertz CT molecular complexity index is 766. The average molecular weight is 379 g/mol. The van der Waals surface area contributed by atoms with Gasteiger partial charge >= 0.3 is 0 Å². The van der Waals surface area contributed by atoms with Crippen LogP contribution in [-0.2, 0) is 0 Å². The molecule has 2 bridgehead atoms. The fourth-order valence-electron chi connectivity index (χ4n) is 4.58. The van der Waals surface area contributed by atoms with E-state index in [2.05, 4.69) is 15.5 Å². The summed E-state index contributed by atoms with van der Waals surface area (Å²) in [7, 11) is 0. The van der Waals surface area contributed by atoms with Crippen LogP contribution in [0.25, 0.3) is 11.3 Å². The molecular formula is C19H24ClFN4O. The Morgan fingerprint density at radius 1 is 1.23 bits per heavy atom. The van der Waals surface area contributed by atoms with Crippen molar-refractivity contribution in [3.63, 3.8) is 0 Å². The normalized spacial score (nSPS) is 27.5. The number of aromatic amines is 1. The largest absolute Gasteiger partial charge is 0.349 e. The van der Waals surface area contributed by atoms with Gasteiger partial charge < -0.3 is 11.1 Å². The van der Waals surface area contributed by atoms with E-state index < -0.39 is 0 Å². The molecule has 2 unspecified atom stereocenters. The van der Waals surface area contributed by atoms with Crippen molar-refractivity contribution in [1.82, 2.24) is 15.5 Å². The molecule has 1 amide bonds. The Morgan fingerprint density at radius 2 is 1.92 bits per heavy atom. The Balaban J connectivity index is 0.00000196. The SMILES string of the molecule is Cl.NC1CC2CCCC(C1)C2NC(=O)c1cn[nH]c1-c1ccccc1F. The summed E-state index contributed by atoms with van der Waals surface area (Å²) in [6.07, 6.45) is 6.84. The Hall–Kier alpha value is -1.92. The summed E-state index contributed by atoms with van der Waals surface area (Å²) < 4.78 is 14.1. The first-order valence-electron chi connectivity index (χ1n) is 8.98. The van der Waals surface area contributed by atoms with E-state index >= 15 is 0 Å². The lowest BCUT2D eigenvalue weighted by molar-refractivity contribution is 0.0756. The average Bonchev–Trinajstić information content (AvgIpc) is 3.05. The predicted molar refractivity (Wildman–Crippen MR) is 101 cm³/mol. The smallest absolute Gasteiger partial charge is 0.255 e. The van der Waals surface area contributed by atoms with Crippen LogP contribution in [-0.4, -0.2) is 28.2 Å². The van der Waals surface area contributed by atoms with Gasteiger partial charge in [-0.2, -0.15) is 5.10 Å². The van der Waals surface area contributed by atoms with Crippen LogP contribution in [0.4, 0.5) is 4.39 Å². The van der Waals surface area contributed by atoms with Gasteiger partial charge in [0.2, 0.25) is 0 Å². The molecule has 0 aliphatic heterocycles. The summed E-state index contributed by atoms with van der Waals surface area (Å²) in [6.45, 7) is 0. The van der Waals surface area contributed by atoms with Crippen molar-refractivity contribution in [2.24, 2.45) is 17.6 Å². The molecule has 2 atom stereocenters. The van der Waals surface area contributed by atoms with Crippen molar-refractivity contribution >= 4 is 18.3 Å². The van der Waals surface area contributed by atoms with Gasteiger partial charge in [-0.05, 0) is 49.7 Å². The molecule has 2 aliphatic rings. The molecule has 0 spiro atoms. The van der Waals surface area contributed by atoms with Gasteiger partial charge in [0.25, 0.3) is 5.91 Å². The number of hydrogen-bond acceptors (Lipinski definition) is 3. The summed E-state index contributed by atoms with van der Waals surface area (Å²) in [6, 6.07) is 6.80. The van der Waals surface area contributed by atoms with E-state index in [0.717, 1.165) is 25.7 Å². The van der Waals surface area contributed by atoms with E-state index in [0.29, 0.717) is 28.7 Å². The van der Waals surface area contributed by atoms with Crippen LogP contribution in [0.3, 0.4) is 0 Å². The molecule has 2 aromatic rings. The molecule has 2 aliphatic carbocycles. The zero-order chi connectivity index (χ0) is 17.4. The van der Waals surface area contributed by atoms with Crippen LogP contribution in [0, 0.1) is 17.7 Å². The van der Waals surface area contributed by atoms with Crippen molar-refractivity contribution in [3.05, 3.63) is 41.8 Å². The van der Waals surface area contributed by atoms with Gasteiger partial charge in [0, 0.05) is 17.6 Å². The molecule has 4 rings (SSSR count). The highest BCUT2D eigenvalue weighted by Crippen LogP contribution is 2.40. The van der Waals surface area contributed by atoms with Crippen LogP contribution >= 0.6 is 12.4 Å². The first kappa shape index (κ1) is 18.9. The number of amides is 1. The van der Waals surface area contributed by atoms with Crippen molar-refractivity contribution < 1.29 is 9.18 Å². The Labute approximate surface area is 158 Å². The highest BCUT2D eigenvalue weighted by atomic mass is 35.5. The molecular weight excluding hydrogens is 355 g/mol. The molecule has 2 saturated carbocycles. The third kappa shape index (κ3) is 3.48. The maximum absolute atomic E-state index is 14.1. The number of rotatable bonds is 3. The number of halogens is 2. The van der Waals surface area contributed by atoms with Crippen molar-refractivity contribution in [2.75, 3.05) is 0 Å². The maximum Gasteiger partial charge on any atom is 0.255 e. The molecule has 140 valence electrons. The number of aromatic nitrogens is 2. The molecule has 7 heteroatoms. The highest BCUT2D eigenvalue weighted by Gasteiger charge is 2.40. The van der Waals surface area contributed by atoms with Crippen LogP contribution in [0.1, 0.15) is 42.5 Å². The highest BCUT2D eigenvalue weighted by molar-refractivity contribution is 6.00. The van der Waals surface area contributed by atoms with Gasteiger partial charge in [0.15, 0.2) is 0 Å². The second-order valence-corrected chi connectivity index (χ2v) is 7.32. The summed E-state index contributed by atoms with van der Waals surface area (Å²) in [5.41, 5.74) is 7.33. The number of nitrogens with two attached hydrogens (primary N) is 1.